The lowest BCUT2D eigenvalue weighted by atomic mass is 10.2. The van der Waals surface area contributed by atoms with Crippen molar-refractivity contribution in [1.29, 1.82) is 0 Å². The number of benzene rings is 1. The van der Waals surface area contributed by atoms with Gasteiger partial charge in [0.15, 0.2) is 11.5 Å². The van der Waals surface area contributed by atoms with E-state index in [4.69, 9.17) is 9.47 Å². The Hall–Kier alpha value is -0.980. The van der Waals surface area contributed by atoms with Gasteiger partial charge in [0.1, 0.15) is 0 Å². The average Bonchev–Trinajstić information content (AvgIpc) is 2.84. The number of aromatic carboxylic acids is 1. The highest BCUT2D eigenvalue weighted by molar-refractivity contribution is 14.1. The van der Waals surface area contributed by atoms with Crippen LogP contribution >= 0.6 is 22.6 Å². The highest BCUT2D eigenvalue weighted by Gasteiger charge is 2.20. The predicted octanol–water partition coefficient (Wildman–Crippen LogP) is 1.98. The smallest absolute Gasteiger partial charge is 0.174 e. The summed E-state index contributed by atoms with van der Waals surface area (Å²) in [7, 11) is 1.51. The molecule has 1 fully saturated rings. The number of carbonyl (C=O) groups excluding carboxylic acids is 1. The summed E-state index contributed by atoms with van der Waals surface area (Å²) < 4.78 is 11.9. The Morgan fingerprint density at radius 1 is 1.39 bits per heavy atom. The predicted molar refractivity (Wildman–Crippen MR) is 72.9 cm³/mol. The molecule has 0 radical (unpaired) electrons. The van der Waals surface area contributed by atoms with Crippen LogP contribution in [0.15, 0.2) is 12.1 Å². The van der Waals surface area contributed by atoms with Crippen molar-refractivity contribution >= 4 is 28.6 Å². The molecule has 4 nitrogen and oxygen atoms in total. The van der Waals surface area contributed by atoms with E-state index in [9.17, 15) is 9.90 Å². The molecule has 18 heavy (non-hydrogen) atoms. The van der Waals surface area contributed by atoms with Crippen LogP contribution in [0.1, 0.15) is 36.0 Å². The molecule has 5 heteroatoms. The number of rotatable bonds is 4. The summed E-state index contributed by atoms with van der Waals surface area (Å²) >= 11 is 2.06. The van der Waals surface area contributed by atoms with E-state index in [1.165, 1.54) is 26.0 Å². The molecule has 0 bridgehead atoms. The third-order valence-electron chi connectivity index (χ3n) is 3.05. The van der Waals surface area contributed by atoms with Gasteiger partial charge < -0.3 is 19.4 Å². The van der Waals surface area contributed by atoms with Gasteiger partial charge in [-0.05, 0) is 60.4 Å². The number of carbonyl (C=O) groups is 1. The maximum absolute atomic E-state index is 10.9. The number of methoxy groups -OCH3 is 1. The van der Waals surface area contributed by atoms with Crippen LogP contribution in [0, 0.1) is 3.57 Å². The van der Waals surface area contributed by atoms with E-state index in [1.807, 2.05) is 0 Å². The molecule has 98 valence electrons. The molecule has 0 atom stereocenters. The molecule has 1 aliphatic carbocycles. The van der Waals surface area contributed by atoms with Gasteiger partial charge in [0, 0.05) is 5.56 Å². The first-order valence-corrected chi connectivity index (χ1v) is 6.95. The van der Waals surface area contributed by atoms with Crippen LogP contribution in [0.5, 0.6) is 11.5 Å². The molecule has 2 rings (SSSR count). The van der Waals surface area contributed by atoms with Gasteiger partial charge in [-0.15, -0.1) is 0 Å². The van der Waals surface area contributed by atoms with Crippen LogP contribution in [0.4, 0.5) is 0 Å². The third-order valence-corrected chi connectivity index (χ3v) is 3.85. The normalized spacial score (nSPS) is 15.7. The summed E-state index contributed by atoms with van der Waals surface area (Å²) in [5.41, 5.74) is 0.107. The molecule has 0 saturated heterocycles. The van der Waals surface area contributed by atoms with Crippen LogP contribution in [0.3, 0.4) is 0 Å². The molecule has 0 aliphatic heterocycles. The fourth-order valence-electron chi connectivity index (χ4n) is 2.12. The van der Waals surface area contributed by atoms with Gasteiger partial charge in [0.25, 0.3) is 0 Å². The first kappa shape index (κ1) is 13.5. The molecule has 1 aromatic rings. The van der Waals surface area contributed by atoms with Crippen LogP contribution in [-0.4, -0.2) is 19.2 Å². The highest BCUT2D eigenvalue weighted by atomic mass is 127. The molecule has 0 unspecified atom stereocenters. The summed E-state index contributed by atoms with van der Waals surface area (Å²) in [5, 5.41) is 10.9. The standard InChI is InChI=1S/C13H15IO4/c1-17-11-7-8(13(15)16)6-10(14)12(11)18-9-4-2-3-5-9/h6-7,9H,2-5H2,1H3,(H,15,16)/p-1. The van der Waals surface area contributed by atoms with Gasteiger partial charge >= 0.3 is 0 Å². The zero-order valence-corrected chi connectivity index (χ0v) is 12.2. The fourth-order valence-corrected chi connectivity index (χ4v) is 2.85. The van der Waals surface area contributed by atoms with Gasteiger partial charge in [-0.25, -0.2) is 0 Å². The van der Waals surface area contributed by atoms with Crippen LogP contribution in [0.25, 0.3) is 0 Å². The van der Waals surface area contributed by atoms with E-state index in [0.29, 0.717) is 11.5 Å². The van der Waals surface area contributed by atoms with Crippen LogP contribution < -0.4 is 14.6 Å². The lowest BCUT2D eigenvalue weighted by Gasteiger charge is -2.18. The maximum Gasteiger partial charge on any atom is 0.174 e. The number of ether oxygens (including phenoxy) is 2. The quantitative estimate of drug-likeness (QED) is 0.770. The van der Waals surface area contributed by atoms with Crippen molar-refractivity contribution < 1.29 is 19.4 Å². The molecule has 1 saturated carbocycles. The van der Waals surface area contributed by atoms with Crippen molar-refractivity contribution in [1.82, 2.24) is 0 Å². The van der Waals surface area contributed by atoms with Crippen LogP contribution in [0.2, 0.25) is 0 Å². The van der Waals surface area contributed by atoms with E-state index in [0.717, 1.165) is 16.4 Å². The number of hydrogen-bond donors (Lipinski definition) is 0. The number of carboxylic acids is 1. The highest BCUT2D eigenvalue weighted by Crippen LogP contribution is 2.36. The van der Waals surface area contributed by atoms with Gasteiger partial charge in [-0.1, -0.05) is 0 Å². The Balaban J connectivity index is 2.30. The van der Waals surface area contributed by atoms with Crippen molar-refractivity contribution in [2.24, 2.45) is 0 Å². The lowest BCUT2D eigenvalue weighted by molar-refractivity contribution is -0.255. The minimum atomic E-state index is -1.21. The second-order valence-electron chi connectivity index (χ2n) is 4.30. The minimum absolute atomic E-state index is 0.107. The zero-order chi connectivity index (χ0) is 13.1. The molecule has 0 spiro atoms. The molecule has 0 N–H and O–H groups in total. The topological polar surface area (TPSA) is 58.6 Å². The monoisotopic (exact) mass is 361 g/mol. The second-order valence-corrected chi connectivity index (χ2v) is 5.46. The summed E-state index contributed by atoms with van der Waals surface area (Å²) in [6.07, 6.45) is 4.66. The van der Waals surface area contributed by atoms with Gasteiger partial charge in [-0.3, -0.25) is 0 Å². The van der Waals surface area contributed by atoms with Crippen molar-refractivity contribution in [3.05, 3.63) is 21.3 Å². The Morgan fingerprint density at radius 3 is 2.61 bits per heavy atom. The van der Waals surface area contributed by atoms with Gasteiger partial charge in [0.2, 0.25) is 0 Å². The summed E-state index contributed by atoms with van der Waals surface area (Å²) in [6.45, 7) is 0. The Morgan fingerprint density at radius 2 is 2.06 bits per heavy atom. The maximum atomic E-state index is 10.9. The van der Waals surface area contributed by atoms with Crippen molar-refractivity contribution in [2.75, 3.05) is 7.11 Å². The largest absolute Gasteiger partial charge is 0.545 e. The van der Waals surface area contributed by atoms with E-state index < -0.39 is 5.97 Å². The SMILES string of the molecule is COc1cc(C(=O)[O-])cc(I)c1OC1CCCC1. The molecule has 0 amide bonds. The lowest BCUT2D eigenvalue weighted by Crippen LogP contribution is -2.22. The van der Waals surface area contributed by atoms with Crippen molar-refractivity contribution in [3.63, 3.8) is 0 Å². The zero-order valence-electron chi connectivity index (χ0n) is 10.1. The Kier molecular flexibility index (Phi) is 4.31. The summed E-state index contributed by atoms with van der Waals surface area (Å²) in [4.78, 5) is 10.9. The molecule has 1 aromatic carbocycles. The van der Waals surface area contributed by atoms with Gasteiger partial charge in [-0.2, -0.15) is 0 Å². The molecule has 0 heterocycles. The van der Waals surface area contributed by atoms with E-state index >= 15 is 0 Å². The third kappa shape index (κ3) is 2.88. The number of halogens is 1. The van der Waals surface area contributed by atoms with Crippen molar-refractivity contribution in [3.8, 4) is 11.5 Å². The minimum Gasteiger partial charge on any atom is -0.545 e. The van der Waals surface area contributed by atoms with E-state index in [2.05, 4.69) is 22.6 Å². The first-order chi connectivity index (χ1) is 8.61. The molecule has 1 aliphatic rings. The summed E-state index contributed by atoms with van der Waals surface area (Å²) in [5.74, 6) is -0.123. The van der Waals surface area contributed by atoms with Crippen LogP contribution in [-0.2, 0) is 0 Å². The molecular weight excluding hydrogens is 347 g/mol. The van der Waals surface area contributed by atoms with Gasteiger partial charge in [0.05, 0.1) is 22.8 Å². The second kappa shape index (κ2) is 5.77. The Labute approximate surface area is 119 Å². The summed E-state index contributed by atoms with van der Waals surface area (Å²) in [6, 6.07) is 2.99. The Bertz CT molecular complexity index is 453. The van der Waals surface area contributed by atoms with Crippen molar-refractivity contribution in [2.45, 2.75) is 31.8 Å². The average molecular weight is 361 g/mol. The first-order valence-electron chi connectivity index (χ1n) is 5.87. The van der Waals surface area contributed by atoms with E-state index in [-0.39, 0.29) is 11.7 Å². The molecular formula is C13H14IO4-. The molecule has 0 aromatic heterocycles. The fraction of sp³-hybridized carbons (Fsp3) is 0.462. The number of carboxylic acid groups (broad SMARTS) is 1. The van der Waals surface area contributed by atoms with E-state index in [1.54, 1.807) is 6.07 Å². The number of hydrogen-bond acceptors (Lipinski definition) is 4.